The summed E-state index contributed by atoms with van der Waals surface area (Å²) in [5, 5.41) is 2.63. The normalized spacial score (nSPS) is 18.4. The van der Waals surface area contributed by atoms with E-state index < -0.39 is 11.7 Å². The first-order valence-corrected chi connectivity index (χ1v) is 8.15. The van der Waals surface area contributed by atoms with Crippen molar-refractivity contribution in [3.05, 3.63) is 29.3 Å². The van der Waals surface area contributed by atoms with Crippen LogP contribution >= 0.6 is 0 Å². The van der Waals surface area contributed by atoms with Gasteiger partial charge < -0.3 is 15.0 Å². The van der Waals surface area contributed by atoms with Crippen LogP contribution in [0, 0.1) is 0 Å². The molecule has 1 aromatic rings. The fourth-order valence-electron chi connectivity index (χ4n) is 3.07. The van der Waals surface area contributed by atoms with Gasteiger partial charge in [-0.2, -0.15) is 13.2 Å². The highest BCUT2D eigenvalue weighted by atomic mass is 19.4. The summed E-state index contributed by atoms with van der Waals surface area (Å²) >= 11 is 0. The number of methoxy groups -OCH3 is 1. The fourth-order valence-corrected chi connectivity index (χ4v) is 3.07. The summed E-state index contributed by atoms with van der Waals surface area (Å²) in [7, 11) is 1.32. The zero-order valence-corrected chi connectivity index (χ0v) is 13.9. The Hall–Kier alpha value is -1.92. The molecule has 2 rings (SSSR count). The van der Waals surface area contributed by atoms with E-state index in [1.54, 1.807) is 4.90 Å². The van der Waals surface area contributed by atoms with Crippen LogP contribution in [0.1, 0.15) is 43.7 Å². The number of hydrogen-bond donors (Lipinski definition) is 1. The highest BCUT2D eigenvalue weighted by Crippen LogP contribution is 2.34. The first-order chi connectivity index (χ1) is 11.4. The van der Waals surface area contributed by atoms with Gasteiger partial charge in [0.05, 0.1) is 12.7 Å². The topological polar surface area (TPSA) is 41.6 Å². The van der Waals surface area contributed by atoms with Gasteiger partial charge in [-0.1, -0.05) is 13.0 Å². The van der Waals surface area contributed by atoms with Crippen LogP contribution in [0.15, 0.2) is 18.2 Å². The molecule has 1 N–H and O–H groups in total. The van der Waals surface area contributed by atoms with Gasteiger partial charge in [0.1, 0.15) is 5.75 Å². The Balaban J connectivity index is 2.09. The van der Waals surface area contributed by atoms with E-state index in [1.165, 1.54) is 19.2 Å². The molecule has 1 aliphatic rings. The van der Waals surface area contributed by atoms with Gasteiger partial charge in [-0.3, -0.25) is 0 Å². The van der Waals surface area contributed by atoms with Crippen molar-refractivity contribution in [2.75, 3.05) is 13.7 Å². The number of amides is 2. The van der Waals surface area contributed by atoms with Crippen molar-refractivity contribution in [1.29, 1.82) is 0 Å². The molecule has 4 nitrogen and oxygen atoms in total. The molecule has 1 atom stereocenters. The number of urea groups is 1. The smallest absolute Gasteiger partial charge is 0.416 e. The Bertz CT molecular complexity index is 575. The van der Waals surface area contributed by atoms with Gasteiger partial charge in [-0.15, -0.1) is 0 Å². The van der Waals surface area contributed by atoms with E-state index in [9.17, 15) is 18.0 Å². The van der Waals surface area contributed by atoms with Crippen molar-refractivity contribution in [1.82, 2.24) is 10.2 Å². The second-order valence-electron chi connectivity index (χ2n) is 5.93. The van der Waals surface area contributed by atoms with E-state index in [1.807, 2.05) is 6.92 Å². The number of alkyl halides is 3. The maximum absolute atomic E-state index is 13.2. The largest absolute Gasteiger partial charge is 0.497 e. The molecule has 1 aromatic carbocycles. The minimum absolute atomic E-state index is 0.0294. The lowest BCUT2D eigenvalue weighted by atomic mass is 10.0. The Kier molecular flexibility index (Phi) is 5.96. The molecular weight excluding hydrogens is 321 g/mol. The number of rotatable bonds is 4. The lowest BCUT2D eigenvalue weighted by Crippen LogP contribution is -2.48. The third-order valence-corrected chi connectivity index (χ3v) is 4.41. The second-order valence-corrected chi connectivity index (χ2v) is 5.93. The molecule has 1 unspecified atom stereocenters. The summed E-state index contributed by atoms with van der Waals surface area (Å²) in [5.74, 6) is 0.138. The summed E-state index contributed by atoms with van der Waals surface area (Å²) in [6, 6.07) is 3.63. The van der Waals surface area contributed by atoms with Crippen molar-refractivity contribution < 1.29 is 22.7 Å². The van der Waals surface area contributed by atoms with Gasteiger partial charge in [0.25, 0.3) is 0 Å². The maximum Gasteiger partial charge on any atom is 0.416 e. The zero-order valence-electron chi connectivity index (χ0n) is 13.9. The minimum atomic E-state index is -4.49. The standard InChI is InChI=1S/C17H23F3N2O2/c1-3-13-6-4-5-9-22(13)16(23)21-11-12-7-8-14(24-2)10-15(12)17(18,19)20/h7-8,10,13H,3-6,9,11H2,1-2H3,(H,21,23). The lowest BCUT2D eigenvalue weighted by molar-refractivity contribution is -0.138. The van der Waals surface area contributed by atoms with Crippen molar-refractivity contribution in [3.8, 4) is 5.75 Å². The molecule has 7 heteroatoms. The number of halogens is 3. The number of carbonyl (C=O) groups excluding carboxylic acids is 1. The second kappa shape index (κ2) is 7.77. The predicted octanol–water partition coefficient (Wildman–Crippen LogP) is 4.19. The van der Waals surface area contributed by atoms with E-state index in [2.05, 4.69) is 5.32 Å². The Morgan fingerprint density at radius 3 is 2.75 bits per heavy atom. The molecule has 0 saturated carbocycles. The van der Waals surface area contributed by atoms with E-state index in [0.717, 1.165) is 31.7 Å². The third kappa shape index (κ3) is 4.33. The number of carbonyl (C=O) groups is 1. The number of ether oxygens (including phenoxy) is 1. The SMILES string of the molecule is CCC1CCCCN1C(=O)NCc1ccc(OC)cc1C(F)(F)F. The summed E-state index contributed by atoms with van der Waals surface area (Å²) in [4.78, 5) is 14.1. The first kappa shape index (κ1) is 18.4. The molecule has 0 radical (unpaired) electrons. The van der Waals surface area contributed by atoms with Gasteiger partial charge in [0, 0.05) is 19.1 Å². The van der Waals surface area contributed by atoms with Crippen molar-refractivity contribution in [2.24, 2.45) is 0 Å². The molecule has 2 amide bonds. The van der Waals surface area contributed by atoms with E-state index >= 15 is 0 Å². The monoisotopic (exact) mass is 344 g/mol. The maximum atomic E-state index is 13.2. The predicted molar refractivity (Wildman–Crippen MR) is 84.9 cm³/mol. The van der Waals surface area contributed by atoms with Crippen LogP contribution in [0.2, 0.25) is 0 Å². The number of nitrogens with zero attached hydrogens (tertiary/aromatic N) is 1. The van der Waals surface area contributed by atoms with Gasteiger partial charge in [-0.25, -0.2) is 4.79 Å². The molecule has 1 fully saturated rings. The molecule has 0 spiro atoms. The molecule has 134 valence electrons. The van der Waals surface area contributed by atoms with Crippen LogP contribution in [0.3, 0.4) is 0 Å². The van der Waals surface area contributed by atoms with Crippen LogP contribution in [-0.2, 0) is 12.7 Å². The molecule has 1 aliphatic heterocycles. The fraction of sp³-hybridized carbons (Fsp3) is 0.588. The molecule has 1 heterocycles. The number of nitrogens with one attached hydrogen (secondary N) is 1. The Morgan fingerprint density at radius 1 is 1.38 bits per heavy atom. The van der Waals surface area contributed by atoms with E-state index in [-0.39, 0.29) is 29.9 Å². The quantitative estimate of drug-likeness (QED) is 0.890. The first-order valence-electron chi connectivity index (χ1n) is 8.15. The molecule has 0 aliphatic carbocycles. The highest BCUT2D eigenvalue weighted by molar-refractivity contribution is 5.74. The number of likely N-dealkylation sites (tertiary alicyclic amines) is 1. The van der Waals surface area contributed by atoms with Crippen molar-refractivity contribution in [2.45, 2.75) is 51.4 Å². The minimum Gasteiger partial charge on any atom is -0.497 e. The average molecular weight is 344 g/mol. The summed E-state index contributed by atoms with van der Waals surface area (Å²) in [6.07, 6.45) is -0.686. The summed E-state index contributed by atoms with van der Waals surface area (Å²) in [5.41, 5.74) is -0.755. The van der Waals surface area contributed by atoms with Crippen LogP contribution in [0.4, 0.5) is 18.0 Å². The van der Waals surface area contributed by atoms with Crippen molar-refractivity contribution in [3.63, 3.8) is 0 Å². The van der Waals surface area contributed by atoms with Crippen LogP contribution in [-0.4, -0.2) is 30.6 Å². The van der Waals surface area contributed by atoms with Gasteiger partial charge in [0.15, 0.2) is 0 Å². The molecule has 0 bridgehead atoms. The van der Waals surface area contributed by atoms with Gasteiger partial charge in [-0.05, 0) is 43.4 Å². The highest BCUT2D eigenvalue weighted by Gasteiger charge is 2.34. The van der Waals surface area contributed by atoms with Gasteiger partial charge in [0.2, 0.25) is 0 Å². The summed E-state index contributed by atoms with van der Waals surface area (Å²) < 4.78 is 44.4. The molecule has 24 heavy (non-hydrogen) atoms. The van der Waals surface area contributed by atoms with E-state index in [0.29, 0.717) is 6.54 Å². The summed E-state index contributed by atoms with van der Waals surface area (Å²) in [6.45, 7) is 2.51. The van der Waals surface area contributed by atoms with Gasteiger partial charge >= 0.3 is 12.2 Å². The third-order valence-electron chi connectivity index (χ3n) is 4.41. The lowest BCUT2D eigenvalue weighted by Gasteiger charge is -2.35. The Labute approximate surface area is 140 Å². The van der Waals surface area contributed by atoms with E-state index in [4.69, 9.17) is 4.74 Å². The number of hydrogen-bond acceptors (Lipinski definition) is 2. The number of benzene rings is 1. The van der Waals surface area contributed by atoms with Crippen LogP contribution < -0.4 is 10.1 Å². The average Bonchev–Trinajstić information content (AvgIpc) is 2.58. The zero-order chi connectivity index (χ0) is 17.7. The Morgan fingerprint density at radius 2 is 2.12 bits per heavy atom. The number of piperidine rings is 1. The van der Waals surface area contributed by atoms with Crippen molar-refractivity contribution >= 4 is 6.03 Å². The molecule has 0 aromatic heterocycles. The molecular formula is C17H23F3N2O2. The van der Waals surface area contributed by atoms with Crippen LogP contribution in [0.5, 0.6) is 5.75 Å². The van der Waals surface area contributed by atoms with Crippen LogP contribution in [0.25, 0.3) is 0 Å². The molecule has 1 saturated heterocycles.